The summed E-state index contributed by atoms with van der Waals surface area (Å²) >= 11 is 0. The van der Waals surface area contributed by atoms with Crippen molar-refractivity contribution in [2.45, 2.75) is 10.7 Å². The lowest BCUT2D eigenvalue weighted by Gasteiger charge is -2.12. The van der Waals surface area contributed by atoms with Crippen LogP contribution in [0.15, 0.2) is 53.4 Å². The number of halogens is 2. The fraction of sp³-hybridized carbons (Fsp3) is 0.0769. The van der Waals surface area contributed by atoms with Crippen molar-refractivity contribution in [2.24, 2.45) is 0 Å². The van der Waals surface area contributed by atoms with Crippen LogP contribution in [0.3, 0.4) is 0 Å². The molecule has 0 heterocycles. The maximum atomic E-state index is 12.6. The van der Waals surface area contributed by atoms with Crippen molar-refractivity contribution in [1.29, 1.82) is 0 Å². The van der Waals surface area contributed by atoms with Crippen molar-refractivity contribution < 1.29 is 21.9 Å². The van der Waals surface area contributed by atoms with Crippen molar-refractivity contribution in [2.75, 3.05) is 5.73 Å². The third-order valence-corrected chi connectivity index (χ3v) is 3.95. The van der Waals surface area contributed by atoms with Gasteiger partial charge in [-0.05, 0) is 24.3 Å². The van der Waals surface area contributed by atoms with Gasteiger partial charge in [-0.1, -0.05) is 24.3 Å². The van der Waals surface area contributed by atoms with Gasteiger partial charge in [0.1, 0.15) is 16.4 Å². The fourth-order valence-corrected chi connectivity index (χ4v) is 2.41. The van der Waals surface area contributed by atoms with E-state index in [0.29, 0.717) is 0 Å². The van der Waals surface area contributed by atoms with Crippen molar-refractivity contribution in [3.63, 3.8) is 0 Å². The van der Waals surface area contributed by atoms with Gasteiger partial charge in [-0.2, -0.15) is 8.78 Å². The zero-order valence-electron chi connectivity index (χ0n) is 10.2. The summed E-state index contributed by atoms with van der Waals surface area (Å²) in [5.41, 5.74) is 5.94. The monoisotopic (exact) mass is 299 g/mol. The maximum absolute atomic E-state index is 12.6. The molecule has 0 aliphatic carbocycles. The molecule has 0 atom stereocenters. The van der Waals surface area contributed by atoms with Crippen LogP contribution in [0.4, 0.5) is 14.5 Å². The highest BCUT2D eigenvalue weighted by Gasteiger charge is 2.30. The SMILES string of the molecule is Nc1ccccc1Oc1ccccc1S(=O)(=O)C(F)F. The van der Waals surface area contributed by atoms with E-state index in [9.17, 15) is 17.2 Å². The van der Waals surface area contributed by atoms with E-state index in [1.807, 2.05) is 0 Å². The Morgan fingerprint density at radius 1 is 0.950 bits per heavy atom. The fourth-order valence-electron chi connectivity index (χ4n) is 1.56. The highest BCUT2D eigenvalue weighted by Crippen LogP contribution is 2.33. The summed E-state index contributed by atoms with van der Waals surface area (Å²) in [7, 11) is -4.74. The average Bonchev–Trinajstić information content (AvgIpc) is 2.41. The Morgan fingerprint density at radius 3 is 2.10 bits per heavy atom. The molecular weight excluding hydrogens is 288 g/mol. The van der Waals surface area contributed by atoms with E-state index in [1.54, 1.807) is 18.2 Å². The van der Waals surface area contributed by atoms with E-state index in [2.05, 4.69) is 0 Å². The number of alkyl halides is 2. The summed E-state index contributed by atoms with van der Waals surface area (Å²) in [6.07, 6.45) is 0. The number of benzene rings is 2. The van der Waals surface area contributed by atoms with E-state index in [1.165, 1.54) is 24.3 Å². The maximum Gasteiger partial charge on any atom is 0.341 e. The summed E-state index contributed by atoms with van der Waals surface area (Å²) in [6.45, 7) is 0. The van der Waals surface area contributed by atoms with Crippen LogP contribution >= 0.6 is 0 Å². The lowest BCUT2D eigenvalue weighted by molar-refractivity contribution is 0.234. The molecule has 0 spiro atoms. The number of para-hydroxylation sites is 3. The molecule has 2 N–H and O–H groups in total. The molecule has 0 bridgehead atoms. The first kappa shape index (κ1) is 14.3. The van der Waals surface area contributed by atoms with Crippen LogP contribution in [0.25, 0.3) is 0 Å². The van der Waals surface area contributed by atoms with Gasteiger partial charge in [0.05, 0.1) is 5.69 Å². The van der Waals surface area contributed by atoms with Crippen LogP contribution in [-0.4, -0.2) is 14.2 Å². The molecule has 0 unspecified atom stereocenters. The van der Waals surface area contributed by atoms with E-state index in [0.717, 1.165) is 6.07 Å². The highest BCUT2D eigenvalue weighted by molar-refractivity contribution is 7.91. The third-order valence-electron chi connectivity index (χ3n) is 2.53. The van der Waals surface area contributed by atoms with Crippen LogP contribution in [0.5, 0.6) is 11.5 Å². The first-order chi connectivity index (χ1) is 9.43. The van der Waals surface area contributed by atoms with Gasteiger partial charge >= 0.3 is 5.76 Å². The van der Waals surface area contributed by atoms with Crippen LogP contribution in [0.1, 0.15) is 0 Å². The van der Waals surface area contributed by atoms with Crippen molar-refractivity contribution in [3.05, 3.63) is 48.5 Å². The Balaban J connectivity index is 2.47. The standard InChI is InChI=1S/C13H11F2NO3S/c14-13(15)20(17,18)12-8-4-3-7-11(12)19-10-6-2-1-5-9(10)16/h1-8,13H,16H2. The third kappa shape index (κ3) is 2.72. The van der Waals surface area contributed by atoms with Crippen LogP contribution in [0.2, 0.25) is 0 Å². The minimum atomic E-state index is -4.74. The number of ether oxygens (including phenoxy) is 1. The minimum absolute atomic E-state index is 0.189. The van der Waals surface area contributed by atoms with Crippen molar-refractivity contribution in [3.8, 4) is 11.5 Å². The molecule has 2 aromatic carbocycles. The van der Waals surface area contributed by atoms with Gasteiger partial charge in [-0.3, -0.25) is 0 Å². The van der Waals surface area contributed by atoms with Crippen LogP contribution in [0, 0.1) is 0 Å². The van der Waals surface area contributed by atoms with Gasteiger partial charge in [-0.15, -0.1) is 0 Å². The number of nitrogen functional groups attached to an aromatic ring is 1. The number of hydrogen-bond acceptors (Lipinski definition) is 4. The molecule has 0 saturated carbocycles. The first-order valence-electron chi connectivity index (χ1n) is 5.56. The summed E-state index contributed by atoms with van der Waals surface area (Å²) in [5.74, 6) is -3.50. The predicted octanol–water partition coefficient (Wildman–Crippen LogP) is 3.06. The second-order valence-corrected chi connectivity index (χ2v) is 5.78. The van der Waals surface area contributed by atoms with E-state index >= 15 is 0 Å². The molecule has 0 aromatic heterocycles. The lowest BCUT2D eigenvalue weighted by atomic mass is 10.3. The second kappa shape index (κ2) is 5.46. The highest BCUT2D eigenvalue weighted by atomic mass is 32.2. The lowest BCUT2D eigenvalue weighted by Crippen LogP contribution is -2.12. The zero-order valence-corrected chi connectivity index (χ0v) is 11.0. The molecule has 0 fully saturated rings. The Labute approximate surface area is 114 Å². The Bertz CT molecular complexity index is 717. The average molecular weight is 299 g/mol. The molecule has 0 amide bonds. The van der Waals surface area contributed by atoms with Crippen molar-refractivity contribution in [1.82, 2.24) is 0 Å². The molecule has 0 saturated heterocycles. The first-order valence-corrected chi connectivity index (χ1v) is 7.11. The van der Waals surface area contributed by atoms with Gasteiger partial charge in [0, 0.05) is 0 Å². The summed E-state index contributed by atoms with van der Waals surface area (Å²) in [6, 6.07) is 11.6. The Hall–Kier alpha value is -2.15. The normalized spacial score (nSPS) is 11.6. The minimum Gasteiger partial charge on any atom is -0.454 e. The van der Waals surface area contributed by atoms with E-state index < -0.39 is 20.5 Å². The molecule has 2 aromatic rings. The van der Waals surface area contributed by atoms with E-state index in [-0.39, 0.29) is 17.2 Å². The van der Waals surface area contributed by atoms with Gasteiger partial charge < -0.3 is 10.5 Å². The number of anilines is 1. The molecule has 4 nitrogen and oxygen atoms in total. The molecule has 2 rings (SSSR count). The molecule has 0 radical (unpaired) electrons. The molecule has 106 valence electrons. The quantitative estimate of drug-likeness (QED) is 0.881. The smallest absolute Gasteiger partial charge is 0.341 e. The summed E-state index contributed by atoms with van der Waals surface area (Å²) in [4.78, 5) is -0.571. The van der Waals surface area contributed by atoms with Gasteiger partial charge in [-0.25, -0.2) is 8.42 Å². The Kier molecular flexibility index (Phi) is 3.89. The number of rotatable bonds is 4. The molecule has 0 aliphatic heterocycles. The largest absolute Gasteiger partial charge is 0.454 e. The number of nitrogens with two attached hydrogens (primary N) is 1. The Morgan fingerprint density at radius 2 is 1.50 bits per heavy atom. The second-order valence-electron chi connectivity index (χ2n) is 3.89. The topological polar surface area (TPSA) is 69.4 Å². The summed E-state index contributed by atoms with van der Waals surface area (Å²) in [5, 5.41) is 0. The van der Waals surface area contributed by atoms with Gasteiger partial charge in [0.15, 0.2) is 0 Å². The van der Waals surface area contributed by atoms with E-state index in [4.69, 9.17) is 10.5 Å². The predicted molar refractivity (Wildman–Crippen MR) is 70.6 cm³/mol. The summed E-state index contributed by atoms with van der Waals surface area (Å²) < 4.78 is 53.7. The zero-order chi connectivity index (χ0) is 14.8. The van der Waals surface area contributed by atoms with Gasteiger partial charge in [0.2, 0.25) is 9.84 Å². The van der Waals surface area contributed by atoms with Gasteiger partial charge in [0.25, 0.3) is 0 Å². The number of sulfone groups is 1. The van der Waals surface area contributed by atoms with Crippen molar-refractivity contribution >= 4 is 15.5 Å². The number of hydrogen-bond donors (Lipinski definition) is 1. The van der Waals surface area contributed by atoms with Crippen LogP contribution < -0.4 is 10.5 Å². The molecule has 0 aliphatic rings. The molecular formula is C13H11F2NO3S. The molecule has 20 heavy (non-hydrogen) atoms. The van der Waals surface area contributed by atoms with Crippen LogP contribution in [-0.2, 0) is 9.84 Å². The molecule has 7 heteroatoms.